The van der Waals surface area contributed by atoms with E-state index >= 15 is 0 Å². The summed E-state index contributed by atoms with van der Waals surface area (Å²) in [5, 5.41) is 27.8. The second-order valence-corrected chi connectivity index (χ2v) is 14.7. The zero-order chi connectivity index (χ0) is 37.7. The van der Waals surface area contributed by atoms with Crippen LogP contribution in [0.5, 0.6) is 0 Å². The van der Waals surface area contributed by atoms with Crippen LogP contribution in [0.3, 0.4) is 0 Å². The van der Waals surface area contributed by atoms with Crippen LogP contribution >= 0.6 is 0 Å². The monoisotopic (exact) mass is 714 g/mol. The number of rotatable bonds is 18. The van der Waals surface area contributed by atoms with Crippen molar-refractivity contribution < 1.29 is 19.5 Å². The predicted molar refractivity (Wildman–Crippen MR) is 215 cm³/mol. The molecule has 0 saturated carbocycles. The molecule has 3 amide bonds. The van der Waals surface area contributed by atoms with Crippen LogP contribution in [-0.2, 0) is 27.2 Å². The molecule has 53 heavy (non-hydrogen) atoms. The fraction of sp³-hybridized carbons (Fsp3) is 0.356. The zero-order valence-electron chi connectivity index (χ0n) is 31.3. The maximum atomic E-state index is 14.6. The molecule has 0 aromatic heterocycles. The Bertz CT molecular complexity index is 1870. The minimum Gasteiger partial charge on any atom is -0.390 e. The summed E-state index contributed by atoms with van der Waals surface area (Å²) < 4.78 is 0. The average molecular weight is 715 g/mol. The summed E-state index contributed by atoms with van der Waals surface area (Å²) in [6.45, 7) is 8.65. The van der Waals surface area contributed by atoms with Crippen LogP contribution < -0.4 is 21.3 Å². The van der Waals surface area contributed by atoms with Crippen molar-refractivity contribution in [1.29, 1.82) is 0 Å². The van der Waals surface area contributed by atoms with Gasteiger partial charge in [-0.1, -0.05) is 137 Å². The topological polar surface area (TPSA) is 120 Å². The summed E-state index contributed by atoms with van der Waals surface area (Å²) in [6, 6.07) is 37.2. The molecule has 5 N–H and O–H groups in total. The number of carbonyl (C=O) groups is 3. The van der Waals surface area contributed by atoms with Gasteiger partial charge >= 0.3 is 0 Å². The lowest BCUT2D eigenvalue weighted by atomic mass is 9.88. The molecule has 0 bridgehead atoms. The van der Waals surface area contributed by atoms with Gasteiger partial charge in [-0.25, -0.2) is 0 Å². The van der Waals surface area contributed by atoms with Gasteiger partial charge in [0.1, 0.15) is 0 Å². The van der Waals surface area contributed by atoms with Crippen LogP contribution in [0, 0.1) is 17.8 Å². The number of aliphatic hydroxyl groups is 1. The van der Waals surface area contributed by atoms with Gasteiger partial charge in [0, 0.05) is 18.2 Å². The Balaban J connectivity index is 1.42. The van der Waals surface area contributed by atoms with Crippen molar-refractivity contribution in [2.45, 2.75) is 78.1 Å². The van der Waals surface area contributed by atoms with Crippen molar-refractivity contribution in [3.05, 3.63) is 126 Å². The SMILES string of the molecule is CC[C@H](C)CNC(=O)C[C@@H](O)[C@H](CC(C)C)NC(=O)C(NC(=O)C(Cc1cccc2ccccc12)Cc1cccc2ccccc12)Nc1ccccc1. The van der Waals surface area contributed by atoms with E-state index in [1.807, 2.05) is 80.6 Å². The van der Waals surface area contributed by atoms with Gasteiger partial charge < -0.3 is 26.4 Å². The zero-order valence-corrected chi connectivity index (χ0v) is 31.3. The lowest BCUT2D eigenvalue weighted by Crippen LogP contribution is -2.57. The summed E-state index contributed by atoms with van der Waals surface area (Å²) in [4.78, 5) is 41.6. The fourth-order valence-electron chi connectivity index (χ4n) is 6.78. The van der Waals surface area contributed by atoms with Crippen LogP contribution in [0.4, 0.5) is 5.69 Å². The predicted octanol–water partition coefficient (Wildman–Crippen LogP) is 7.39. The van der Waals surface area contributed by atoms with E-state index in [4.69, 9.17) is 0 Å². The van der Waals surface area contributed by atoms with Crippen molar-refractivity contribution in [3.63, 3.8) is 0 Å². The highest BCUT2D eigenvalue weighted by Crippen LogP contribution is 2.27. The molecule has 0 aliphatic heterocycles. The number of benzene rings is 5. The third kappa shape index (κ3) is 11.1. The molecule has 1 unspecified atom stereocenters. The van der Waals surface area contributed by atoms with Crippen LogP contribution in [0.2, 0.25) is 0 Å². The minimum atomic E-state index is -1.16. The number of aliphatic hydroxyl groups excluding tert-OH is 1. The lowest BCUT2D eigenvalue weighted by Gasteiger charge is -2.29. The van der Waals surface area contributed by atoms with Crippen molar-refractivity contribution in [1.82, 2.24) is 16.0 Å². The van der Waals surface area contributed by atoms with E-state index < -0.39 is 30.1 Å². The number of para-hydroxylation sites is 1. The highest BCUT2D eigenvalue weighted by Gasteiger charge is 2.31. The van der Waals surface area contributed by atoms with Gasteiger partial charge in [-0.3, -0.25) is 14.4 Å². The van der Waals surface area contributed by atoms with Crippen molar-refractivity contribution >= 4 is 45.0 Å². The third-order valence-electron chi connectivity index (χ3n) is 9.95. The van der Waals surface area contributed by atoms with Gasteiger partial charge in [0.2, 0.25) is 11.8 Å². The Morgan fingerprint density at radius 2 is 1.21 bits per heavy atom. The smallest absolute Gasteiger partial charge is 0.263 e. The molecule has 0 spiro atoms. The molecule has 0 fully saturated rings. The summed E-state index contributed by atoms with van der Waals surface area (Å²) in [7, 11) is 0. The number of nitrogens with one attached hydrogen (secondary N) is 4. The Kier molecular flexibility index (Phi) is 14.0. The Morgan fingerprint density at radius 1 is 0.660 bits per heavy atom. The standard InChI is InChI=1S/C45H54N4O4/c1-5-31(4)29-46-42(51)28-41(50)40(25-30(2)3)48-45(53)43(47-37-21-7-6-8-22-37)49-44(52)36(26-34-19-13-17-32-15-9-11-23-38(32)34)27-35-20-14-18-33-16-10-12-24-39(33)35/h6-24,30-31,36,40-41,43,47,50H,5,25-29H2,1-4H3,(H,46,51)(H,48,53)(H,49,52)/t31-,40-,41+,43?/m0/s1. The molecule has 5 aromatic carbocycles. The molecule has 0 heterocycles. The van der Waals surface area contributed by atoms with E-state index in [-0.39, 0.29) is 24.2 Å². The van der Waals surface area contributed by atoms with E-state index in [9.17, 15) is 19.5 Å². The van der Waals surface area contributed by atoms with Gasteiger partial charge in [0.25, 0.3) is 5.91 Å². The van der Waals surface area contributed by atoms with E-state index in [1.54, 1.807) is 0 Å². The van der Waals surface area contributed by atoms with Gasteiger partial charge in [0.15, 0.2) is 6.17 Å². The van der Waals surface area contributed by atoms with Crippen molar-refractivity contribution in [2.24, 2.45) is 17.8 Å². The first-order valence-electron chi connectivity index (χ1n) is 18.9. The second kappa shape index (κ2) is 19.0. The molecule has 8 heteroatoms. The van der Waals surface area contributed by atoms with Gasteiger partial charge in [0.05, 0.1) is 18.6 Å². The minimum absolute atomic E-state index is 0.124. The molecular formula is C45H54N4O4. The molecule has 5 rings (SSSR count). The molecule has 5 aromatic rings. The quantitative estimate of drug-likeness (QED) is 0.0607. The Morgan fingerprint density at radius 3 is 1.77 bits per heavy atom. The lowest BCUT2D eigenvalue weighted by molar-refractivity contribution is -0.131. The molecule has 0 saturated heterocycles. The maximum Gasteiger partial charge on any atom is 0.263 e. The van der Waals surface area contributed by atoms with Crippen LogP contribution in [0.15, 0.2) is 115 Å². The van der Waals surface area contributed by atoms with Crippen LogP contribution in [-0.4, -0.2) is 47.7 Å². The van der Waals surface area contributed by atoms with E-state index in [0.29, 0.717) is 37.4 Å². The van der Waals surface area contributed by atoms with Crippen LogP contribution in [0.25, 0.3) is 21.5 Å². The Hall–Kier alpha value is -5.21. The highest BCUT2D eigenvalue weighted by atomic mass is 16.3. The van der Waals surface area contributed by atoms with Gasteiger partial charge in [-0.05, 0) is 75.9 Å². The van der Waals surface area contributed by atoms with E-state index in [1.165, 1.54) is 0 Å². The number of amides is 3. The number of anilines is 1. The molecule has 8 nitrogen and oxygen atoms in total. The summed E-state index contributed by atoms with van der Waals surface area (Å²) in [5.41, 5.74) is 2.75. The first-order valence-corrected chi connectivity index (χ1v) is 18.9. The maximum absolute atomic E-state index is 14.6. The van der Waals surface area contributed by atoms with Crippen molar-refractivity contribution in [3.8, 4) is 0 Å². The molecule has 0 aliphatic rings. The molecule has 278 valence electrons. The van der Waals surface area contributed by atoms with Crippen molar-refractivity contribution in [2.75, 3.05) is 11.9 Å². The summed E-state index contributed by atoms with van der Waals surface area (Å²) in [5.74, 6) is -1.12. The molecular weight excluding hydrogens is 661 g/mol. The van der Waals surface area contributed by atoms with Gasteiger partial charge in [-0.2, -0.15) is 0 Å². The largest absolute Gasteiger partial charge is 0.390 e. The van der Waals surface area contributed by atoms with Gasteiger partial charge in [-0.15, -0.1) is 0 Å². The normalized spacial score (nSPS) is 13.7. The third-order valence-corrected chi connectivity index (χ3v) is 9.95. The van der Waals surface area contributed by atoms with Crippen LogP contribution in [0.1, 0.15) is 58.1 Å². The number of carbonyl (C=O) groups excluding carboxylic acids is 3. The first-order chi connectivity index (χ1) is 25.6. The molecule has 0 aliphatic carbocycles. The fourth-order valence-corrected chi connectivity index (χ4v) is 6.78. The Labute approximate surface area is 313 Å². The number of fused-ring (bicyclic) bond motifs is 2. The average Bonchev–Trinajstić information content (AvgIpc) is 3.16. The second-order valence-electron chi connectivity index (χ2n) is 14.7. The molecule has 4 atom stereocenters. The number of hydrogen-bond donors (Lipinski definition) is 5. The number of hydrogen-bond acceptors (Lipinski definition) is 5. The first kappa shape index (κ1) is 39.0. The molecule has 0 radical (unpaired) electrons. The van der Waals surface area contributed by atoms with E-state index in [0.717, 1.165) is 39.1 Å². The summed E-state index contributed by atoms with van der Waals surface area (Å²) in [6.07, 6.45) is -0.128. The van der Waals surface area contributed by atoms with E-state index in [2.05, 4.69) is 83.6 Å². The highest BCUT2D eigenvalue weighted by molar-refractivity contribution is 5.92. The summed E-state index contributed by atoms with van der Waals surface area (Å²) >= 11 is 0.